The maximum atomic E-state index is 12.1. The van der Waals surface area contributed by atoms with Crippen molar-refractivity contribution in [1.29, 1.82) is 0 Å². The monoisotopic (exact) mass is 343 g/mol. The first kappa shape index (κ1) is 16.2. The van der Waals surface area contributed by atoms with Gasteiger partial charge in [0.2, 0.25) is 11.9 Å². The highest BCUT2D eigenvalue weighted by molar-refractivity contribution is 5.87. The quantitative estimate of drug-likeness (QED) is 0.494. The van der Waals surface area contributed by atoms with E-state index in [-0.39, 0.29) is 12.2 Å². The van der Waals surface area contributed by atoms with Gasteiger partial charge in [0, 0.05) is 11.6 Å². The van der Waals surface area contributed by atoms with Crippen molar-refractivity contribution >= 4 is 17.8 Å². The van der Waals surface area contributed by atoms with E-state index < -0.39 is 28.4 Å². The van der Waals surface area contributed by atoms with Crippen LogP contribution in [-0.2, 0) is 4.79 Å². The number of rotatable bonds is 4. The molecule has 25 heavy (non-hydrogen) atoms. The van der Waals surface area contributed by atoms with E-state index >= 15 is 0 Å². The molecule has 0 bridgehead atoms. The third kappa shape index (κ3) is 3.50. The molecule has 1 aliphatic rings. The second-order valence-electron chi connectivity index (χ2n) is 5.07. The molecule has 128 valence electrons. The number of hydrogen-bond donors (Lipinski definition) is 2. The van der Waals surface area contributed by atoms with Gasteiger partial charge in [0.1, 0.15) is 6.61 Å². The minimum Gasteiger partial charge on any atom is -0.502 e. The number of ether oxygens (including phenoxy) is 2. The number of fused-ring (bicyclic) bond motifs is 1. The van der Waals surface area contributed by atoms with Gasteiger partial charge < -0.3 is 14.6 Å². The SMILES string of the molecule is O=C(N/N=C/c1cccc([N+](=O)[O-])c1O)[C@@H]1COc2ccccc2O1. The Bertz CT molecular complexity index is 852. The summed E-state index contributed by atoms with van der Waals surface area (Å²) in [6.07, 6.45) is 0.225. The van der Waals surface area contributed by atoms with Crippen molar-refractivity contribution in [2.75, 3.05) is 6.61 Å². The number of aromatic hydroxyl groups is 1. The lowest BCUT2D eigenvalue weighted by atomic mass is 10.2. The number of hydrogen-bond acceptors (Lipinski definition) is 7. The van der Waals surface area contributed by atoms with E-state index in [0.717, 1.165) is 12.3 Å². The molecule has 0 spiro atoms. The topological polar surface area (TPSA) is 123 Å². The van der Waals surface area contributed by atoms with Crippen molar-refractivity contribution in [2.24, 2.45) is 5.10 Å². The molecule has 9 nitrogen and oxygen atoms in total. The van der Waals surface area contributed by atoms with Gasteiger partial charge in [-0.25, -0.2) is 5.43 Å². The number of benzene rings is 2. The molecule has 0 saturated carbocycles. The van der Waals surface area contributed by atoms with E-state index in [1.165, 1.54) is 12.1 Å². The average molecular weight is 343 g/mol. The Labute approximate surface area is 141 Å². The number of nitrogens with one attached hydrogen (secondary N) is 1. The first-order valence-corrected chi connectivity index (χ1v) is 7.24. The Kier molecular flexibility index (Phi) is 4.46. The number of hydrazone groups is 1. The zero-order valence-electron chi connectivity index (χ0n) is 12.8. The minimum atomic E-state index is -0.884. The van der Waals surface area contributed by atoms with Crippen LogP contribution in [0, 0.1) is 10.1 Å². The molecule has 2 N–H and O–H groups in total. The summed E-state index contributed by atoms with van der Waals surface area (Å²) in [4.78, 5) is 22.1. The van der Waals surface area contributed by atoms with Gasteiger partial charge in [-0.2, -0.15) is 5.10 Å². The van der Waals surface area contributed by atoms with Gasteiger partial charge in [0.05, 0.1) is 11.1 Å². The van der Waals surface area contributed by atoms with Gasteiger partial charge in [-0.1, -0.05) is 18.2 Å². The average Bonchev–Trinajstić information content (AvgIpc) is 2.62. The maximum Gasteiger partial charge on any atom is 0.311 e. The number of para-hydroxylation sites is 3. The van der Waals surface area contributed by atoms with E-state index in [9.17, 15) is 20.0 Å². The van der Waals surface area contributed by atoms with Crippen molar-refractivity contribution in [2.45, 2.75) is 6.10 Å². The summed E-state index contributed by atoms with van der Waals surface area (Å²) in [5, 5.41) is 24.2. The predicted molar refractivity (Wildman–Crippen MR) is 86.9 cm³/mol. The molecule has 0 saturated heterocycles. The van der Waals surface area contributed by atoms with E-state index in [1.807, 2.05) is 0 Å². The first-order chi connectivity index (χ1) is 12.1. The van der Waals surface area contributed by atoms with Crippen LogP contribution in [0.15, 0.2) is 47.6 Å². The molecule has 1 heterocycles. The van der Waals surface area contributed by atoms with Gasteiger partial charge in [0.15, 0.2) is 11.5 Å². The van der Waals surface area contributed by atoms with Gasteiger partial charge in [-0.05, 0) is 18.2 Å². The Morgan fingerprint density at radius 3 is 2.80 bits per heavy atom. The highest BCUT2D eigenvalue weighted by Crippen LogP contribution is 2.31. The highest BCUT2D eigenvalue weighted by atomic mass is 16.6. The van der Waals surface area contributed by atoms with Crippen molar-refractivity contribution in [1.82, 2.24) is 5.43 Å². The molecule has 0 radical (unpaired) electrons. The van der Waals surface area contributed by atoms with Crippen LogP contribution in [0.4, 0.5) is 5.69 Å². The molecular formula is C16H13N3O6. The number of carbonyl (C=O) groups is 1. The second-order valence-corrected chi connectivity index (χ2v) is 5.07. The molecule has 3 rings (SSSR count). The molecule has 0 fully saturated rings. The summed E-state index contributed by atoms with van der Waals surface area (Å²) < 4.78 is 11.0. The summed E-state index contributed by atoms with van der Waals surface area (Å²) in [5.74, 6) is -0.0712. The van der Waals surface area contributed by atoms with Crippen LogP contribution in [0.3, 0.4) is 0 Å². The van der Waals surface area contributed by atoms with Gasteiger partial charge in [-0.3, -0.25) is 14.9 Å². The summed E-state index contributed by atoms with van der Waals surface area (Å²) in [6, 6.07) is 10.9. The fraction of sp³-hybridized carbons (Fsp3) is 0.125. The van der Waals surface area contributed by atoms with Crippen LogP contribution < -0.4 is 14.9 Å². The summed E-state index contributed by atoms with van der Waals surface area (Å²) in [6.45, 7) is 0.0282. The highest BCUT2D eigenvalue weighted by Gasteiger charge is 2.27. The lowest BCUT2D eigenvalue weighted by Gasteiger charge is -2.24. The van der Waals surface area contributed by atoms with Crippen LogP contribution in [-0.4, -0.2) is 34.9 Å². The largest absolute Gasteiger partial charge is 0.502 e. The summed E-state index contributed by atoms with van der Waals surface area (Å²) >= 11 is 0. The predicted octanol–water partition coefficient (Wildman–Crippen LogP) is 1.59. The van der Waals surface area contributed by atoms with Crippen molar-refractivity contribution in [3.05, 3.63) is 58.1 Å². The number of nitro benzene ring substituents is 1. The zero-order valence-corrected chi connectivity index (χ0v) is 12.8. The van der Waals surface area contributed by atoms with E-state index in [1.54, 1.807) is 24.3 Å². The van der Waals surface area contributed by atoms with Crippen LogP contribution in [0.5, 0.6) is 17.2 Å². The van der Waals surface area contributed by atoms with Gasteiger partial charge in [0.25, 0.3) is 5.91 Å². The van der Waals surface area contributed by atoms with Gasteiger partial charge in [-0.15, -0.1) is 0 Å². The number of carbonyl (C=O) groups excluding carboxylic acids is 1. The number of phenols is 1. The molecule has 2 aromatic rings. The molecule has 0 aliphatic carbocycles. The molecule has 0 aromatic heterocycles. The Balaban J connectivity index is 1.64. The Morgan fingerprint density at radius 1 is 1.28 bits per heavy atom. The molecule has 1 amide bonds. The number of phenolic OH excluding ortho intramolecular Hbond substituents is 1. The smallest absolute Gasteiger partial charge is 0.311 e. The zero-order chi connectivity index (χ0) is 17.8. The molecule has 1 aliphatic heterocycles. The lowest BCUT2D eigenvalue weighted by molar-refractivity contribution is -0.385. The number of nitrogens with zero attached hydrogens (tertiary/aromatic N) is 2. The van der Waals surface area contributed by atoms with E-state index in [0.29, 0.717) is 11.5 Å². The molecule has 2 aromatic carbocycles. The third-order valence-corrected chi connectivity index (χ3v) is 3.42. The van der Waals surface area contributed by atoms with E-state index in [2.05, 4.69) is 10.5 Å². The van der Waals surface area contributed by atoms with Crippen molar-refractivity contribution in [3.8, 4) is 17.2 Å². The van der Waals surface area contributed by atoms with E-state index in [4.69, 9.17) is 9.47 Å². The van der Waals surface area contributed by atoms with Crippen LogP contribution in [0.1, 0.15) is 5.56 Å². The lowest BCUT2D eigenvalue weighted by Crippen LogP contribution is -2.42. The minimum absolute atomic E-state index is 0.0282. The molecule has 1 atom stereocenters. The molecular weight excluding hydrogens is 330 g/mol. The second kappa shape index (κ2) is 6.87. The Morgan fingerprint density at radius 2 is 2.04 bits per heavy atom. The first-order valence-electron chi connectivity index (χ1n) is 7.24. The number of amides is 1. The summed E-state index contributed by atoms with van der Waals surface area (Å²) in [7, 11) is 0. The van der Waals surface area contributed by atoms with Crippen LogP contribution in [0.2, 0.25) is 0 Å². The molecule has 0 unspecified atom stereocenters. The van der Waals surface area contributed by atoms with Crippen LogP contribution >= 0.6 is 0 Å². The fourth-order valence-corrected chi connectivity index (χ4v) is 2.19. The van der Waals surface area contributed by atoms with Crippen LogP contribution in [0.25, 0.3) is 0 Å². The van der Waals surface area contributed by atoms with Gasteiger partial charge >= 0.3 is 5.69 Å². The fourth-order valence-electron chi connectivity index (χ4n) is 2.19. The third-order valence-electron chi connectivity index (χ3n) is 3.42. The standard InChI is InChI=1S/C16H13N3O6/c20-15-10(4-3-5-11(15)19(22)23)8-17-18-16(21)14-9-24-12-6-1-2-7-13(12)25-14/h1-8,14,20H,9H2,(H,18,21)/b17-8+/t14-/m0/s1. The summed E-state index contributed by atoms with van der Waals surface area (Å²) in [5.41, 5.74) is 1.90. The number of nitro groups is 1. The molecule has 9 heteroatoms. The van der Waals surface area contributed by atoms with Crippen molar-refractivity contribution in [3.63, 3.8) is 0 Å². The normalized spacial score (nSPS) is 15.8. The maximum absolute atomic E-state index is 12.1. The van der Waals surface area contributed by atoms with Crippen molar-refractivity contribution < 1.29 is 24.3 Å². The Hall–Kier alpha value is -3.62.